The molecule has 7 nitrogen and oxygen atoms in total. The first-order valence-electron chi connectivity index (χ1n) is 32.9. The Kier molecular flexibility index (Phi) is 13.6. The first-order valence-corrected chi connectivity index (χ1v) is 33.7. The zero-order valence-electron chi connectivity index (χ0n) is 52.7. The number of aromatic nitrogens is 6. The maximum atomic E-state index is 6.73. The Morgan fingerprint density at radius 2 is 0.510 bits per heavy atom. The monoisotopic (exact) mass is 1270 g/mol. The lowest BCUT2D eigenvalue weighted by Gasteiger charge is -2.13. The van der Waals surface area contributed by atoms with Crippen molar-refractivity contribution in [1.29, 1.82) is 0 Å². The van der Waals surface area contributed by atoms with Gasteiger partial charge in [-0.2, -0.15) is 0 Å². The van der Waals surface area contributed by atoms with Crippen molar-refractivity contribution in [3.8, 4) is 90.6 Å². The van der Waals surface area contributed by atoms with Crippen LogP contribution in [0.4, 0.5) is 0 Å². The number of fused-ring (bicyclic) bond motifs is 18. The van der Waals surface area contributed by atoms with Gasteiger partial charge in [-0.05, 0) is 124 Å². The molecule has 0 amide bonds. The predicted molar refractivity (Wildman–Crippen MR) is 408 cm³/mol. The van der Waals surface area contributed by atoms with Crippen molar-refractivity contribution in [2.75, 3.05) is 0 Å². The lowest BCUT2D eigenvalue weighted by molar-refractivity contribution is 0.670. The van der Waals surface area contributed by atoms with E-state index in [0.717, 1.165) is 66.4 Å². The van der Waals surface area contributed by atoms with E-state index in [1.165, 1.54) is 95.9 Å². The normalized spacial score (nSPS) is 11.7. The second kappa shape index (κ2) is 23.5. The Bertz CT molecular complexity index is 5970. The highest BCUT2D eigenvalue weighted by atomic mass is 32.1. The molecule has 0 unspecified atom stereocenters. The van der Waals surface area contributed by atoms with Gasteiger partial charge in [0.25, 0.3) is 0 Å². The summed E-state index contributed by atoms with van der Waals surface area (Å²) in [6.45, 7) is 0. The Hall–Kier alpha value is -12.9. The van der Waals surface area contributed by atoms with Crippen LogP contribution in [0.3, 0.4) is 0 Å². The van der Waals surface area contributed by atoms with Gasteiger partial charge in [-0.3, -0.25) is 0 Å². The zero-order valence-corrected chi connectivity index (χ0v) is 53.5. The van der Waals surface area contributed by atoms with Crippen LogP contribution in [0.1, 0.15) is 0 Å². The highest BCUT2D eigenvalue weighted by Gasteiger charge is 2.24. The number of para-hydroxylation sites is 1. The minimum absolute atomic E-state index is 0.604. The van der Waals surface area contributed by atoms with Crippen molar-refractivity contribution in [2.45, 2.75) is 0 Å². The van der Waals surface area contributed by atoms with Crippen LogP contribution in [0.25, 0.3) is 197 Å². The average molecular weight is 1270 g/mol. The molecule has 456 valence electrons. The summed E-state index contributed by atoms with van der Waals surface area (Å²) in [5, 5.41) is 19.5. The van der Waals surface area contributed by atoms with Crippen LogP contribution in [-0.2, 0) is 0 Å². The quantitative estimate of drug-likeness (QED) is 0.140. The van der Waals surface area contributed by atoms with E-state index in [2.05, 4.69) is 218 Å². The number of benzene rings is 16. The molecule has 20 rings (SSSR count). The first kappa shape index (κ1) is 56.6. The molecule has 0 aliphatic rings. The van der Waals surface area contributed by atoms with E-state index in [1.54, 1.807) is 0 Å². The predicted octanol–water partition coefficient (Wildman–Crippen LogP) is 24.3. The molecule has 0 fully saturated rings. The summed E-state index contributed by atoms with van der Waals surface area (Å²) in [5.41, 5.74) is 11.8. The molecule has 0 saturated heterocycles. The van der Waals surface area contributed by atoms with E-state index in [9.17, 15) is 0 Å². The van der Waals surface area contributed by atoms with Gasteiger partial charge in [0.15, 0.2) is 34.9 Å². The van der Waals surface area contributed by atoms with Crippen LogP contribution in [0.15, 0.2) is 332 Å². The molecule has 20 aromatic rings. The Labute approximate surface area is 567 Å². The van der Waals surface area contributed by atoms with Crippen molar-refractivity contribution in [3.63, 3.8) is 0 Å². The molecule has 4 aromatic heterocycles. The third-order valence-electron chi connectivity index (χ3n) is 19.0. The van der Waals surface area contributed by atoms with Crippen LogP contribution in [-0.4, -0.2) is 29.9 Å². The lowest BCUT2D eigenvalue weighted by Crippen LogP contribution is -2.00. The molecule has 8 heteroatoms. The van der Waals surface area contributed by atoms with Gasteiger partial charge in [0.05, 0.1) is 0 Å². The molecule has 16 aromatic carbocycles. The van der Waals surface area contributed by atoms with Gasteiger partial charge in [0.2, 0.25) is 0 Å². The molecule has 4 heterocycles. The van der Waals surface area contributed by atoms with Crippen LogP contribution >= 0.6 is 11.3 Å². The van der Waals surface area contributed by atoms with E-state index >= 15 is 0 Å². The van der Waals surface area contributed by atoms with Crippen molar-refractivity contribution in [3.05, 3.63) is 328 Å². The fourth-order valence-corrected chi connectivity index (χ4v) is 15.8. The minimum Gasteiger partial charge on any atom is -0.455 e. The van der Waals surface area contributed by atoms with Gasteiger partial charge in [-0.25, -0.2) is 29.9 Å². The Morgan fingerprint density at radius 1 is 0.204 bits per heavy atom. The third kappa shape index (κ3) is 9.64. The molecule has 98 heavy (non-hydrogen) atoms. The maximum absolute atomic E-state index is 6.73. The van der Waals surface area contributed by atoms with Gasteiger partial charge in [0, 0.05) is 69.9 Å². The van der Waals surface area contributed by atoms with Crippen LogP contribution in [0.5, 0.6) is 0 Å². The standard InChI is InChI=1S/C45H27N3O.C45H27N3S/c2*1-3-13-28(14-4-1)43-46-44(29-15-5-2-6-16-29)48-45(47-43)38-26-25-31(42-41(38)37-21-11-12-22-40(37)49-42)30-23-24-36-34-19-8-7-17-32(34)33-18-9-10-20-35(33)39(36)27-30/h2*1-27H. The fourth-order valence-electron chi connectivity index (χ4n) is 14.5. The van der Waals surface area contributed by atoms with Crippen molar-refractivity contribution in [1.82, 2.24) is 29.9 Å². The van der Waals surface area contributed by atoms with Crippen molar-refractivity contribution >= 4 is 118 Å². The van der Waals surface area contributed by atoms with E-state index in [4.69, 9.17) is 34.3 Å². The van der Waals surface area contributed by atoms with Gasteiger partial charge in [0.1, 0.15) is 11.2 Å². The molecular weight excluding hydrogens is 1210 g/mol. The molecule has 0 aliphatic carbocycles. The average Bonchev–Trinajstić information content (AvgIpc) is 0.978. The molecule has 0 N–H and O–H groups in total. The minimum atomic E-state index is 0.604. The summed E-state index contributed by atoms with van der Waals surface area (Å²) >= 11 is 1.83. The lowest BCUT2D eigenvalue weighted by atomic mass is 9.91. The van der Waals surface area contributed by atoms with Crippen LogP contribution in [0, 0.1) is 0 Å². The largest absolute Gasteiger partial charge is 0.455 e. The molecule has 0 saturated carbocycles. The Morgan fingerprint density at radius 3 is 0.939 bits per heavy atom. The van der Waals surface area contributed by atoms with Crippen molar-refractivity contribution < 1.29 is 4.42 Å². The number of rotatable bonds is 8. The highest BCUT2D eigenvalue weighted by Crippen LogP contribution is 2.48. The SMILES string of the molecule is c1ccc(-c2nc(-c3ccccc3)nc(-c3ccc(-c4ccc5c6ccccc6c6ccccc6c5c4)c4oc5ccccc5c34)n2)cc1.c1ccc(-c2nc(-c3ccccc3)nc(-c3ccc(-c4ccc5c6ccccc6c6ccccc6c5c4)c4sc5ccccc5c34)n2)cc1. The van der Waals surface area contributed by atoms with Gasteiger partial charge >= 0.3 is 0 Å². The maximum Gasteiger partial charge on any atom is 0.164 e. The number of thiophene rings is 1. The smallest absolute Gasteiger partial charge is 0.164 e. The molecule has 0 aliphatic heterocycles. The van der Waals surface area contributed by atoms with Gasteiger partial charge in [-0.15, -0.1) is 11.3 Å². The van der Waals surface area contributed by atoms with E-state index < -0.39 is 0 Å². The molecule has 0 atom stereocenters. The molecule has 0 bridgehead atoms. The number of hydrogen-bond donors (Lipinski definition) is 0. The van der Waals surface area contributed by atoms with Crippen LogP contribution < -0.4 is 0 Å². The third-order valence-corrected chi connectivity index (χ3v) is 20.2. The number of hydrogen-bond acceptors (Lipinski definition) is 8. The summed E-state index contributed by atoms with van der Waals surface area (Å²) in [5.74, 6) is 3.85. The van der Waals surface area contributed by atoms with E-state index in [-0.39, 0.29) is 0 Å². The van der Waals surface area contributed by atoms with Gasteiger partial charge < -0.3 is 4.42 Å². The number of furan rings is 1. The summed E-state index contributed by atoms with van der Waals surface area (Å²) in [7, 11) is 0. The highest BCUT2D eigenvalue weighted by molar-refractivity contribution is 7.26. The second-order valence-corrected chi connectivity index (χ2v) is 25.8. The summed E-state index contributed by atoms with van der Waals surface area (Å²) in [6, 6.07) is 115. The van der Waals surface area contributed by atoms with E-state index in [1.807, 2.05) is 121 Å². The second-order valence-electron chi connectivity index (χ2n) is 24.7. The van der Waals surface area contributed by atoms with E-state index in [0.29, 0.717) is 34.9 Å². The molecule has 0 radical (unpaired) electrons. The number of nitrogens with zero attached hydrogens (tertiary/aromatic N) is 6. The van der Waals surface area contributed by atoms with Crippen molar-refractivity contribution in [2.24, 2.45) is 0 Å². The summed E-state index contributed by atoms with van der Waals surface area (Å²) in [6.07, 6.45) is 0. The first-order chi connectivity index (χ1) is 48.6. The van der Waals surface area contributed by atoms with Gasteiger partial charge in [-0.1, -0.05) is 285 Å². The summed E-state index contributed by atoms with van der Waals surface area (Å²) < 4.78 is 9.20. The topological polar surface area (TPSA) is 90.5 Å². The fraction of sp³-hybridized carbons (Fsp3) is 0. The summed E-state index contributed by atoms with van der Waals surface area (Å²) in [4.78, 5) is 30.3. The molecule has 0 spiro atoms. The zero-order chi connectivity index (χ0) is 64.6. The Balaban J connectivity index is 0.000000137. The van der Waals surface area contributed by atoms with Crippen LogP contribution in [0.2, 0.25) is 0 Å². The molecular formula is C90H54N6OS.